The number of hydrogen-bond donors (Lipinski definition) is 1. The summed E-state index contributed by atoms with van der Waals surface area (Å²) >= 11 is 0. The van der Waals surface area contributed by atoms with Crippen LogP contribution in [0.5, 0.6) is 0 Å². The van der Waals surface area contributed by atoms with Gasteiger partial charge in [-0.15, -0.1) is 10.2 Å². The molecule has 7 nitrogen and oxygen atoms in total. The Morgan fingerprint density at radius 3 is 2.78 bits per heavy atom. The molecule has 1 amide bonds. The molecule has 0 bridgehead atoms. The van der Waals surface area contributed by atoms with E-state index in [9.17, 15) is 18.0 Å². The maximum atomic E-state index is 12.7. The molecule has 0 aliphatic carbocycles. The topological polar surface area (TPSA) is 85.1 Å². The number of carbonyl (C=O) groups excluding carboxylic acids is 1. The molecule has 0 saturated carbocycles. The predicted octanol–water partition coefficient (Wildman–Crippen LogP) is 2.10. The van der Waals surface area contributed by atoms with E-state index in [2.05, 4.69) is 25.6 Å². The number of carbonyl (C=O) groups is 1. The van der Waals surface area contributed by atoms with Gasteiger partial charge in [0, 0.05) is 5.69 Å². The van der Waals surface area contributed by atoms with Crippen LogP contribution in [0.1, 0.15) is 21.7 Å². The Hall–Kier alpha value is -3.04. The molecule has 1 N–H and O–H groups in total. The fourth-order valence-corrected chi connectivity index (χ4v) is 1.98. The van der Waals surface area contributed by atoms with Crippen LogP contribution in [-0.2, 0) is 6.18 Å². The van der Waals surface area contributed by atoms with Gasteiger partial charge in [0.25, 0.3) is 11.7 Å². The minimum Gasteiger partial charge on any atom is -0.321 e. The first kappa shape index (κ1) is 14.9. The normalized spacial score (nSPS) is 11.7. The van der Waals surface area contributed by atoms with Crippen molar-refractivity contribution in [2.24, 2.45) is 0 Å². The molecule has 3 rings (SSSR count). The first-order valence-corrected chi connectivity index (χ1v) is 6.38. The number of fused-ring (bicyclic) bond motifs is 1. The molecule has 0 aliphatic rings. The number of hydrogen-bond acceptors (Lipinski definition) is 5. The summed E-state index contributed by atoms with van der Waals surface area (Å²) in [5.74, 6) is -0.468. The first-order valence-electron chi connectivity index (χ1n) is 6.38. The molecule has 2 heterocycles. The lowest BCUT2D eigenvalue weighted by atomic mass is 10.2. The van der Waals surface area contributed by atoms with Gasteiger partial charge in [-0.3, -0.25) is 4.79 Å². The van der Waals surface area contributed by atoms with Gasteiger partial charge in [0.15, 0.2) is 5.69 Å². The van der Waals surface area contributed by atoms with Crippen LogP contribution in [0, 0.1) is 6.92 Å². The van der Waals surface area contributed by atoms with E-state index in [0.29, 0.717) is 5.69 Å². The second-order valence-electron chi connectivity index (χ2n) is 4.64. The Labute approximate surface area is 127 Å². The minimum absolute atomic E-state index is 0.00436. The van der Waals surface area contributed by atoms with Crippen molar-refractivity contribution in [2.75, 3.05) is 5.32 Å². The van der Waals surface area contributed by atoms with E-state index in [0.717, 1.165) is 12.1 Å². The highest BCUT2D eigenvalue weighted by Crippen LogP contribution is 2.30. The van der Waals surface area contributed by atoms with E-state index in [1.54, 1.807) is 6.92 Å². The first-order chi connectivity index (χ1) is 10.9. The summed E-state index contributed by atoms with van der Waals surface area (Å²) in [6.07, 6.45) is -3.23. The van der Waals surface area contributed by atoms with Crippen LogP contribution >= 0.6 is 0 Å². The summed E-state index contributed by atoms with van der Waals surface area (Å²) < 4.78 is 39.3. The van der Waals surface area contributed by atoms with Gasteiger partial charge in [-0.25, -0.2) is 0 Å². The zero-order valence-corrected chi connectivity index (χ0v) is 11.7. The van der Waals surface area contributed by atoms with Crippen LogP contribution in [-0.4, -0.2) is 30.7 Å². The van der Waals surface area contributed by atoms with Gasteiger partial charge in [0.1, 0.15) is 6.33 Å². The van der Waals surface area contributed by atoms with Crippen molar-refractivity contribution < 1.29 is 18.0 Å². The van der Waals surface area contributed by atoms with Crippen molar-refractivity contribution in [3.05, 3.63) is 47.5 Å². The van der Waals surface area contributed by atoms with E-state index in [-0.39, 0.29) is 17.2 Å². The second kappa shape index (κ2) is 5.30. The molecule has 0 radical (unpaired) electrons. The SMILES string of the molecule is Cc1c(C(=O)Nc2cccc(C(F)(F)F)c2)nnc2ncnn12. The summed E-state index contributed by atoms with van der Waals surface area (Å²) in [4.78, 5) is 16.0. The highest BCUT2D eigenvalue weighted by molar-refractivity contribution is 6.03. The fourth-order valence-electron chi connectivity index (χ4n) is 1.98. The average molecular weight is 322 g/mol. The lowest BCUT2D eigenvalue weighted by Gasteiger charge is -2.10. The summed E-state index contributed by atoms with van der Waals surface area (Å²) in [7, 11) is 0. The summed E-state index contributed by atoms with van der Waals surface area (Å²) in [5, 5.41) is 13.7. The van der Waals surface area contributed by atoms with Gasteiger partial charge in [-0.05, 0) is 25.1 Å². The van der Waals surface area contributed by atoms with Gasteiger partial charge in [-0.2, -0.15) is 27.8 Å². The largest absolute Gasteiger partial charge is 0.416 e. The maximum absolute atomic E-state index is 12.7. The zero-order valence-electron chi connectivity index (χ0n) is 11.7. The number of benzene rings is 1. The van der Waals surface area contributed by atoms with Gasteiger partial charge < -0.3 is 5.32 Å². The number of nitrogens with zero attached hydrogens (tertiary/aromatic N) is 5. The molecule has 3 aromatic rings. The molecule has 0 aliphatic heterocycles. The Bertz CT molecular complexity index is 889. The minimum atomic E-state index is -4.49. The summed E-state index contributed by atoms with van der Waals surface area (Å²) in [6.45, 7) is 1.58. The molecule has 10 heteroatoms. The van der Waals surface area contributed by atoms with Gasteiger partial charge in [0.05, 0.1) is 11.3 Å². The van der Waals surface area contributed by atoms with Crippen LogP contribution in [0.2, 0.25) is 0 Å². The number of amides is 1. The van der Waals surface area contributed by atoms with E-state index in [4.69, 9.17) is 0 Å². The van der Waals surface area contributed by atoms with Crippen LogP contribution in [0.3, 0.4) is 0 Å². The molecule has 118 valence electrons. The average Bonchev–Trinajstić information content (AvgIpc) is 2.96. The molecular formula is C13H9F3N6O. The molecule has 1 aromatic carbocycles. The van der Waals surface area contributed by atoms with Crippen LogP contribution in [0.25, 0.3) is 5.78 Å². The standard InChI is InChI=1S/C13H9F3N6O/c1-7-10(20-21-12-17-6-18-22(7)12)11(23)19-9-4-2-3-8(5-9)13(14,15)16/h2-6H,1H3,(H,19,23). The zero-order chi connectivity index (χ0) is 16.6. The third-order valence-corrected chi connectivity index (χ3v) is 3.09. The molecule has 0 unspecified atom stereocenters. The molecule has 23 heavy (non-hydrogen) atoms. The third-order valence-electron chi connectivity index (χ3n) is 3.09. The van der Waals surface area contributed by atoms with Crippen LogP contribution < -0.4 is 5.32 Å². The van der Waals surface area contributed by atoms with Crippen molar-refractivity contribution in [1.29, 1.82) is 0 Å². The van der Waals surface area contributed by atoms with Crippen molar-refractivity contribution in [3.8, 4) is 0 Å². The highest BCUT2D eigenvalue weighted by atomic mass is 19.4. The van der Waals surface area contributed by atoms with Crippen molar-refractivity contribution in [1.82, 2.24) is 24.8 Å². The Balaban J connectivity index is 1.90. The number of aromatic nitrogens is 5. The lowest BCUT2D eigenvalue weighted by Crippen LogP contribution is -2.19. The fraction of sp³-hybridized carbons (Fsp3) is 0.154. The molecule has 0 atom stereocenters. The number of nitrogens with one attached hydrogen (secondary N) is 1. The van der Waals surface area contributed by atoms with Crippen LogP contribution in [0.4, 0.5) is 18.9 Å². The van der Waals surface area contributed by atoms with E-state index in [1.165, 1.54) is 23.0 Å². The molecule has 0 spiro atoms. The molecular weight excluding hydrogens is 313 g/mol. The number of rotatable bonds is 2. The Kier molecular flexibility index (Phi) is 3.43. The van der Waals surface area contributed by atoms with E-state index in [1.807, 2.05) is 0 Å². The smallest absolute Gasteiger partial charge is 0.321 e. The van der Waals surface area contributed by atoms with Gasteiger partial charge in [0.2, 0.25) is 0 Å². The summed E-state index contributed by atoms with van der Waals surface area (Å²) in [6, 6.07) is 4.32. The number of aryl methyl sites for hydroxylation is 1. The van der Waals surface area contributed by atoms with Crippen LogP contribution in [0.15, 0.2) is 30.6 Å². The van der Waals surface area contributed by atoms with Crippen molar-refractivity contribution in [3.63, 3.8) is 0 Å². The quantitative estimate of drug-likeness (QED) is 0.781. The monoisotopic (exact) mass is 322 g/mol. The number of alkyl halides is 3. The van der Waals surface area contributed by atoms with E-state index < -0.39 is 17.6 Å². The molecule has 0 fully saturated rings. The molecule has 0 saturated heterocycles. The van der Waals surface area contributed by atoms with E-state index >= 15 is 0 Å². The van der Waals surface area contributed by atoms with Crippen molar-refractivity contribution in [2.45, 2.75) is 13.1 Å². The second-order valence-corrected chi connectivity index (χ2v) is 4.64. The number of anilines is 1. The summed E-state index contributed by atoms with van der Waals surface area (Å²) in [5.41, 5.74) is -0.535. The third kappa shape index (κ3) is 2.82. The van der Waals surface area contributed by atoms with Gasteiger partial charge >= 0.3 is 6.18 Å². The lowest BCUT2D eigenvalue weighted by molar-refractivity contribution is -0.137. The highest BCUT2D eigenvalue weighted by Gasteiger charge is 2.30. The molecule has 2 aromatic heterocycles. The predicted molar refractivity (Wildman–Crippen MR) is 72.7 cm³/mol. The maximum Gasteiger partial charge on any atom is 0.416 e. The Morgan fingerprint density at radius 2 is 2.04 bits per heavy atom. The number of halogens is 3. The Morgan fingerprint density at radius 1 is 1.26 bits per heavy atom. The van der Waals surface area contributed by atoms with Gasteiger partial charge in [-0.1, -0.05) is 6.07 Å². The van der Waals surface area contributed by atoms with Crippen molar-refractivity contribution >= 4 is 17.4 Å².